The van der Waals surface area contributed by atoms with Gasteiger partial charge < -0.3 is 10.0 Å². The van der Waals surface area contributed by atoms with Crippen molar-refractivity contribution in [1.29, 1.82) is 0 Å². The van der Waals surface area contributed by atoms with E-state index in [1.807, 2.05) is 56.3 Å². The van der Waals surface area contributed by atoms with Crippen molar-refractivity contribution in [2.45, 2.75) is 26.8 Å². The lowest BCUT2D eigenvalue weighted by molar-refractivity contribution is -0.117. The molecule has 1 atom stereocenters. The van der Waals surface area contributed by atoms with Gasteiger partial charge in [-0.2, -0.15) is 0 Å². The zero-order valence-electron chi connectivity index (χ0n) is 22.2. The summed E-state index contributed by atoms with van der Waals surface area (Å²) >= 11 is 1.15. The molecule has 1 aliphatic heterocycles. The average Bonchev–Trinajstić information content (AvgIpc) is 3.48. The lowest BCUT2D eigenvalue weighted by atomic mass is 9.94. The summed E-state index contributed by atoms with van der Waals surface area (Å²) in [5.41, 5.74) is 2.06. The molecule has 0 aliphatic carbocycles. The first-order valence-electron chi connectivity index (χ1n) is 12.9. The number of anilines is 2. The van der Waals surface area contributed by atoms with E-state index >= 15 is 4.39 Å². The second kappa shape index (κ2) is 11.0. The predicted molar refractivity (Wildman–Crippen MR) is 153 cm³/mol. The number of aliphatic hydroxyl groups excluding tert-OH is 1. The molecule has 0 saturated heterocycles. The molecule has 0 radical (unpaired) electrons. The van der Waals surface area contributed by atoms with Gasteiger partial charge in [-0.25, -0.2) is 13.8 Å². The minimum atomic E-state index is -1.19. The fraction of sp³-hybridized carbons (Fsp3) is 0.194. The average molecular weight is 560 g/mol. The quantitative estimate of drug-likeness (QED) is 0.235. The first kappa shape index (κ1) is 27.2. The van der Waals surface area contributed by atoms with Gasteiger partial charge in [0.2, 0.25) is 5.78 Å². The van der Waals surface area contributed by atoms with Crippen LogP contribution in [0.3, 0.4) is 0 Å². The van der Waals surface area contributed by atoms with Crippen LogP contribution in [0.5, 0.6) is 0 Å². The molecule has 40 heavy (non-hydrogen) atoms. The van der Waals surface area contributed by atoms with Gasteiger partial charge in [-0.05, 0) is 50.6 Å². The first-order chi connectivity index (χ1) is 19.2. The lowest BCUT2D eigenvalue weighted by Crippen LogP contribution is -2.32. The molecule has 1 unspecified atom stereocenters. The van der Waals surface area contributed by atoms with Crippen LogP contribution >= 0.6 is 11.3 Å². The molecule has 0 spiro atoms. The summed E-state index contributed by atoms with van der Waals surface area (Å²) in [6.07, 6.45) is 0. The van der Waals surface area contributed by atoms with Gasteiger partial charge in [0, 0.05) is 30.4 Å². The van der Waals surface area contributed by atoms with Crippen molar-refractivity contribution in [3.8, 4) is 10.6 Å². The summed E-state index contributed by atoms with van der Waals surface area (Å²) in [6, 6.07) is 18.0. The molecule has 4 aromatic rings. The van der Waals surface area contributed by atoms with E-state index in [1.165, 1.54) is 0 Å². The Morgan fingerprint density at radius 1 is 1.02 bits per heavy atom. The number of halogens is 2. The summed E-state index contributed by atoms with van der Waals surface area (Å²) in [4.78, 5) is 35.3. The number of benzene rings is 3. The van der Waals surface area contributed by atoms with E-state index in [9.17, 15) is 19.1 Å². The van der Waals surface area contributed by atoms with E-state index in [4.69, 9.17) is 0 Å². The van der Waals surface area contributed by atoms with E-state index in [1.54, 1.807) is 19.1 Å². The third-order valence-electron chi connectivity index (χ3n) is 6.98. The second-order valence-corrected chi connectivity index (χ2v) is 10.3. The molecular formula is C31H27F2N3O3S. The van der Waals surface area contributed by atoms with Crippen molar-refractivity contribution < 1.29 is 23.5 Å². The molecule has 204 valence electrons. The maximum Gasteiger partial charge on any atom is 0.294 e. The third-order valence-corrected chi connectivity index (χ3v) is 8.19. The molecule has 1 aliphatic rings. The number of hydrogen-bond donors (Lipinski definition) is 1. The van der Waals surface area contributed by atoms with Crippen LogP contribution in [0.4, 0.5) is 20.2 Å². The van der Waals surface area contributed by atoms with Crippen LogP contribution in [0, 0.1) is 18.6 Å². The number of carbonyl (C=O) groups excluding carboxylic acids is 2. The number of aryl methyl sites for hydroxylation is 1. The Balaban J connectivity index is 1.64. The zero-order valence-corrected chi connectivity index (χ0v) is 23.0. The first-order valence-corrected chi connectivity index (χ1v) is 13.7. The zero-order chi connectivity index (χ0) is 28.6. The summed E-state index contributed by atoms with van der Waals surface area (Å²) < 4.78 is 29.3. The van der Waals surface area contributed by atoms with Crippen LogP contribution in [0.2, 0.25) is 0 Å². The Morgan fingerprint density at radius 2 is 1.70 bits per heavy atom. The molecule has 5 rings (SSSR count). The fourth-order valence-corrected chi connectivity index (χ4v) is 5.99. The Bertz CT molecular complexity index is 1610. The highest BCUT2D eigenvalue weighted by molar-refractivity contribution is 7.17. The van der Waals surface area contributed by atoms with Crippen LogP contribution in [-0.2, 0) is 4.79 Å². The van der Waals surface area contributed by atoms with Gasteiger partial charge in [0.1, 0.15) is 16.6 Å². The lowest BCUT2D eigenvalue weighted by Gasteiger charge is -2.28. The van der Waals surface area contributed by atoms with Gasteiger partial charge in [-0.15, -0.1) is 11.3 Å². The highest BCUT2D eigenvalue weighted by Gasteiger charge is 2.46. The minimum Gasteiger partial charge on any atom is -0.503 e. The molecule has 3 aromatic carbocycles. The number of ketones is 1. The normalized spacial score (nSPS) is 15.2. The van der Waals surface area contributed by atoms with Gasteiger partial charge in [0.15, 0.2) is 5.76 Å². The number of carbonyl (C=O) groups is 2. The predicted octanol–water partition coefficient (Wildman–Crippen LogP) is 7.03. The number of aromatic nitrogens is 1. The monoisotopic (exact) mass is 559 g/mol. The number of rotatable bonds is 8. The van der Waals surface area contributed by atoms with E-state index in [0.29, 0.717) is 16.3 Å². The van der Waals surface area contributed by atoms with E-state index in [0.717, 1.165) is 58.8 Å². The summed E-state index contributed by atoms with van der Waals surface area (Å²) in [5.74, 6) is -4.01. The van der Waals surface area contributed by atoms with Crippen LogP contribution in [0.25, 0.3) is 10.6 Å². The largest absolute Gasteiger partial charge is 0.503 e. The highest BCUT2D eigenvalue weighted by Crippen LogP contribution is 2.44. The maximum atomic E-state index is 15.0. The van der Waals surface area contributed by atoms with E-state index < -0.39 is 35.1 Å². The molecule has 0 bridgehead atoms. The van der Waals surface area contributed by atoms with E-state index in [2.05, 4.69) is 9.88 Å². The smallest absolute Gasteiger partial charge is 0.294 e. The Hall–Kier alpha value is -4.37. The number of amides is 1. The molecule has 1 N–H and O–H groups in total. The summed E-state index contributed by atoms with van der Waals surface area (Å²) in [6.45, 7) is 7.29. The molecule has 0 fully saturated rings. The molecule has 1 amide bonds. The topological polar surface area (TPSA) is 73.7 Å². The molecule has 6 nitrogen and oxygen atoms in total. The van der Waals surface area contributed by atoms with Gasteiger partial charge >= 0.3 is 0 Å². The van der Waals surface area contributed by atoms with Crippen molar-refractivity contribution in [2.24, 2.45) is 0 Å². The Morgan fingerprint density at radius 3 is 2.35 bits per heavy atom. The van der Waals surface area contributed by atoms with Crippen LogP contribution in [0.1, 0.15) is 40.8 Å². The highest BCUT2D eigenvalue weighted by atomic mass is 32.1. The van der Waals surface area contributed by atoms with Crippen LogP contribution in [0.15, 0.2) is 84.1 Å². The molecule has 1 aromatic heterocycles. The van der Waals surface area contributed by atoms with Crippen molar-refractivity contribution in [3.63, 3.8) is 0 Å². The second-order valence-electron chi connectivity index (χ2n) is 9.33. The summed E-state index contributed by atoms with van der Waals surface area (Å²) in [7, 11) is 0. The van der Waals surface area contributed by atoms with Gasteiger partial charge in [-0.3, -0.25) is 14.5 Å². The van der Waals surface area contributed by atoms with Crippen LogP contribution in [-0.4, -0.2) is 34.9 Å². The number of aliphatic hydroxyl groups is 1. The van der Waals surface area contributed by atoms with Gasteiger partial charge in [0.05, 0.1) is 27.9 Å². The minimum absolute atomic E-state index is 0.212. The molecule has 0 saturated carbocycles. The Labute approximate surface area is 234 Å². The SMILES string of the molecule is CCN(CC)c1ccc(C2C(C(=O)c3sc(-c4ccccc4)nc3C)=C(O)C(=O)N2c2cc(F)ccc2F)cc1. The van der Waals surface area contributed by atoms with Crippen molar-refractivity contribution in [1.82, 2.24) is 4.98 Å². The number of thiazole rings is 1. The molecule has 2 heterocycles. The van der Waals surface area contributed by atoms with E-state index in [-0.39, 0.29) is 16.1 Å². The number of hydrogen-bond acceptors (Lipinski definition) is 6. The molecule has 9 heteroatoms. The third kappa shape index (κ3) is 4.77. The van der Waals surface area contributed by atoms with Crippen molar-refractivity contribution >= 4 is 34.4 Å². The van der Waals surface area contributed by atoms with Gasteiger partial charge in [0.25, 0.3) is 5.91 Å². The Kier molecular flexibility index (Phi) is 7.49. The maximum absolute atomic E-state index is 15.0. The van der Waals surface area contributed by atoms with Gasteiger partial charge in [-0.1, -0.05) is 42.5 Å². The number of Topliss-reactive ketones (excluding diaryl/α,β-unsaturated/α-hetero) is 1. The fourth-order valence-electron chi connectivity index (χ4n) is 4.96. The van der Waals surface area contributed by atoms with Crippen molar-refractivity contribution in [3.05, 3.63) is 112 Å². The summed E-state index contributed by atoms with van der Waals surface area (Å²) in [5, 5.41) is 11.7. The molecular weight excluding hydrogens is 532 g/mol. The standard InChI is InChI=1S/C31H27F2N3O3S/c1-4-35(5-2)22-14-11-19(12-15-22)26-25(28(38)31(39)36(26)24-17-21(32)13-16-23(24)33)27(37)29-18(3)34-30(40-29)20-9-7-6-8-10-20/h6-17,26,38H,4-5H2,1-3H3. The van der Waals surface area contributed by atoms with Crippen LogP contribution < -0.4 is 9.80 Å². The van der Waals surface area contributed by atoms with Crippen molar-refractivity contribution in [2.75, 3.05) is 22.9 Å². The number of nitrogens with zero attached hydrogens (tertiary/aromatic N) is 3.